The van der Waals surface area contributed by atoms with E-state index in [4.69, 9.17) is 0 Å². The maximum absolute atomic E-state index is 12.2. The number of hydrogen-bond acceptors (Lipinski definition) is 2. The summed E-state index contributed by atoms with van der Waals surface area (Å²) in [5.41, 5.74) is -0.00501. The number of carbonyl (C=O) groups excluding carboxylic acids is 1. The molecule has 1 aliphatic heterocycles. The van der Waals surface area contributed by atoms with Crippen molar-refractivity contribution in [1.29, 1.82) is 0 Å². The van der Waals surface area contributed by atoms with Gasteiger partial charge in [-0.05, 0) is 26.2 Å². The van der Waals surface area contributed by atoms with Gasteiger partial charge in [0.05, 0.1) is 0 Å². The van der Waals surface area contributed by atoms with E-state index < -0.39 is 0 Å². The molecule has 2 aliphatic rings. The Bertz CT molecular complexity index is 259. The van der Waals surface area contributed by atoms with Crippen LogP contribution in [0.4, 0.5) is 0 Å². The van der Waals surface area contributed by atoms with Crippen molar-refractivity contribution in [2.45, 2.75) is 51.5 Å². The molecule has 0 atom stereocenters. The first-order chi connectivity index (χ1) is 7.59. The van der Waals surface area contributed by atoms with Crippen molar-refractivity contribution in [3.05, 3.63) is 0 Å². The summed E-state index contributed by atoms with van der Waals surface area (Å²) < 4.78 is 0. The van der Waals surface area contributed by atoms with Gasteiger partial charge in [-0.3, -0.25) is 4.79 Å². The second kappa shape index (κ2) is 4.74. The molecule has 92 valence electrons. The molecule has 0 radical (unpaired) electrons. The van der Waals surface area contributed by atoms with Crippen molar-refractivity contribution in [1.82, 2.24) is 10.2 Å². The minimum Gasteiger partial charge on any atom is -0.335 e. The fourth-order valence-corrected chi connectivity index (χ4v) is 2.69. The second-order valence-electron chi connectivity index (χ2n) is 5.87. The van der Waals surface area contributed by atoms with Gasteiger partial charge in [0.2, 0.25) is 5.91 Å². The van der Waals surface area contributed by atoms with E-state index in [1.165, 1.54) is 19.3 Å². The molecule has 1 saturated carbocycles. The maximum atomic E-state index is 12.2. The Kier molecular flexibility index (Phi) is 3.53. The van der Waals surface area contributed by atoms with Gasteiger partial charge < -0.3 is 10.2 Å². The largest absolute Gasteiger partial charge is 0.335 e. The molecule has 0 aromatic rings. The van der Waals surface area contributed by atoms with Gasteiger partial charge in [0.15, 0.2) is 0 Å². The number of piperazine rings is 1. The molecule has 3 heteroatoms. The van der Waals surface area contributed by atoms with Crippen LogP contribution in [0.25, 0.3) is 0 Å². The quantitative estimate of drug-likeness (QED) is 0.792. The average molecular weight is 224 g/mol. The number of nitrogens with one attached hydrogen (secondary N) is 1. The minimum absolute atomic E-state index is 0.00501. The van der Waals surface area contributed by atoms with E-state index in [0.29, 0.717) is 5.91 Å². The van der Waals surface area contributed by atoms with Gasteiger partial charge >= 0.3 is 0 Å². The molecule has 1 heterocycles. The SMILES string of the molecule is CC1(C)CNCCN1C(=O)CCC1CCC1. The van der Waals surface area contributed by atoms with E-state index in [1.54, 1.807) is 0 Å². The van der Waals surface area contributed by atoms with Crippen LogP contribution in [0, 0.1) is 5.92 Å². The van der Waals surface area contributed by atoms with E-state index in [2.05, 4.69) is 24.1 Å². The van der Waals surface area contributed by atoms with Gasteiger partial charge in [0, 0.05) is 31.6 Å². The Morgan fingerprint density at radius 2 is 2.19 bits per heavy atom. The summed E-state index contributed by atoms with van der Waals surface area (Å²) in [5, 5.41) is 3.35. The predicted octanol–water partition coefficient (Wildman–Crippen LogP) is 1.78. The van der Waals surface area contributed by atoms with E-state index in [1.807, 2.05) is 0 Å². The summed E-state index contributed by atoms with van der Waals surface area (Å²) >= 11 is 0. The molecule has 2 fully saturated rings. The Labute approximate surface area is 98.6 Å². The van der Waals surface area contributed by atoms with Crippen molar-refractivity contribution in [3.8, 4) is 0 Å². The normalized spacial score (nSPS) is 25.2. The Morgan fingerprint density at radius 3 is 2.75 bits per heavy atom. The predicted molar refractivity (Wildman–Crippen MR) is 65.2 cm³/mol. The molecule has 1 amide bonds. The number of hydrogen-bond donors (Lipinski definition) is 1. The van der Waals surface area contributed by atoms with Gasteiger partial charge in [-0.15, -0.1) is 0 Å². The van der Waals surface area contributed by atoms with Crippen molar-refractivity contribution >= 4 is 5.91 Å². The Hall–Kier alpha value is -0.570. The minimum atomic E-state index is -0.00501. The summed E-state index contributed by atoms with van der Waals surface area (Å²) in [5.74, 6) is 1.20. The van der Waals surface area contributed by atoms with Crippen molar-refractivity contribution in [2.75, 3.05) is 19.6 Å². The lowest BCUT2D eigenvalue weighted by Gasteiger charge is -2.43. The van der Waals surface area contributed by atoms with Crippen LogP contribution in [0.1, 0.15) is 46.0 Å². The smallest absolute Gasteiger partial charge is 0.223 e. The number of rotatable bonds is 3. The van der Waals surface area contributed by atoms with Gasteiger partial charge in [0.25, 0.3) is 0 Å². The molecule has 1 N–H and O–H groups in total. The fraction of sp³-hybridized carbons (Fsp3) is 0.923. The van der Waals surface area contributed by atoms with Gasteiger partial charge in [-0.2, -0.15) is 0 Å². The molecule has 3 nitrogen and oxygen atoms in total. The first kappa shape index (κ1) is 11.9. The monoisotopic (exact) mass is 224 g/mol. The van der Waals surface area contributed by atoms with E-state index in [9.17, 15) is 4.79 Å². The molecule has 2 rings (SSSR count). The molecule has 0 aromatic heterocycles. The average Bonchev–Trinajstić information content (AvgIpc) is 2.14. The van der Waals surface area contributed by atoms with Crippen LogP contribution in [0.15, 0.2) is 0 Å². The first-order valence-corrected chi connectivity index (χ1v) is 6.61. The summed E-state index contributed by atoms with van der Waals surface area (Å²) in [6.07, 6.45) is 5.93. The molecule has 16 heavy (non-hydrogen) atoms. The summed E-state index contributed by atoms with van der Waals surface area (Å²) in [6, 6.07) is 0. The Morgan fingerprint density at radius 1 is 1.44 bits per heavy atom. The molecule has 0 aromatic carbocycles. The van der Waals surface area contributed by atoms with Gasteiger partial charge in [0.1, 0.15) is 0 Å². The maximum Gasteiger partial charge on any atom is 0.223 e. The van der Waals surface area contributed by atoms with Crippen molar-refractivity contribution < 1.29 is 4.79 Å². The Balaban J connectivity index is 1.82. The van der Waals surface area contributed by atoms with Crippen LogP contribution >= 0.6 is 0 Å². The van der Waals surface area contributed by atoms with Crippen LogP contribution in [-0.2, 0) is 4.79 Å². The highest BCUT2D eigenvalue weighted by Crippen LogP contribution is 2.31. The van der Waals surface area contributed by atoms with Crippen LogP contribution in [0.3, 0.4) is 0 Å². The molecule has 0 spiro atoms. The summed E-state index contributed by atoms with van der Waals surface area (Å²) in [7, 11) is 0. The zero-order chi connectivity index (χ0) is 11.6. The fourth-order valence-electron chi connectivity index (χ4n) is 2.69. The van der Waals surface area contributed by atoms with E-state index in [-0.39, 0.29) is 5.54 Å². The lowest BCUT2D eigenvalue weighted by Crippen LogP contribution is -2.59. The van der Waals surface area contributed by atoms with Gasteiger partial charge in [-0.1, -0.05) is 19.3 Å². The van der Waals surface area contributed by atoms with E-state index in [0.717, 1.165) is 38.4 Å². The van der Waals surface area contributed by atoms with Crippen LogP contribution in [0.5, 0.6) is 0 Å². The van der Waals surface area contributed by atoms with Crippen molar-refractivity contribution in [2.24, 2.45) is 5.92 Å². The zero-order valence-corrected chi connectivity index (χ0v) is 10.6. The highest BCUT2D eigenvalue weighted by atomic mass is 16.2. The lowest BCUT2D eigenvalue weighted by atomic mass is 9.82. The zero-order valence-electron chi connectivity index (χ0n) is 10.6. The van der Waals surface area contributed by atoms with Gasteiger partial charge in [-0.25, -0.2) is 0 Å². The molecular weight excluding hydrogens is 200 g/mol. The lowest BCUT2D eigenvalue weighted by molar-refractivity contribution is -0.138. The third-order valence-electron chi connectivity index (χ3n) is 4.09. The van der Waals surface area contributed by atoms with Crippen molar-refractivity contribution in [3.63, 3.8) is 0 Å². The highest BCUT2D eigenvalue weighted by molar-refractivity contribution is 5.77. The molecule has 1 aliphatic carbocycles. The number of nitrogens with zero attached hydrogens (tertiary/aromatic N) is 1. The summed E-state index contributed by atoms with van der Waals surface area (Å²) in [6.45, 7) is 7.04. The van der Waals surface area contributed by atoms with E-state index >= 15 is 0 Å². The van der Waals surface area contributed by atoms with Crippen LogP contribution in [0.2, 0.25) is 0 Å². The summed E-state index contributed by atoms with van der Waals surface area (Å²) in [4.78, 5) is 14.2. The van der Waals surface area contributed by atoms with Crippen LogP contribution in [-0.4, -0.2) is 36.0 Å². The molecular formula is C13H24N2O. The topological polar surface area (TPSA) is 32.3 Å². The number of amides is 1. The highest BCUT2D eigenvalue weighted by Gasteiger charge is 2.33. The first-order valence-electron chi connectivity index (χ1n) is 6.61. The molecule has 0 bridgehead atoms. The molecule has 0 unspecified atom stereocenters. The third-order valence-corrected chi connectivity index (χ3v) is 4.09. The third kappa shape index (κ3) is 2.57. The second-order valence-corrected chi connectivity index (χ2v) is 5.87. The van der Waals surface area contributed by atoms with Crippen LogP contribution < -0.4 is 5.32 Å². The molecule has 1 saturated heterocycles. The number of carbonyl (C=O) groups is 1. The standard InChI is InChI=1S/C13H24N2O/c1-13(2)10-14-8-9-15(13)12(16)7-6-11-4-3-5-11/h11,14H,3-10H2,1-2H3.